The Hall–Kier alpha value is -1.55. The number of carbonyl (C=O) groups excluding carboxylic acids is 1. The van der Waals surface area contributed by atoms with Crippen LogP contribution < -0.4 is 5.32 Å². The van der Waals surface area contributed by atoms with E-state index in [1.807, 2.05) is 30.5 Å². The largest absolute Gasteiger partial charge is 0.325 e. The maximum atomic E-state index is 11.5. The van der Waals surface area contributed by atoms with Gasteiger partial charge in [-0.1, -0.05) is 12.1 Å². The van der Waals surface area contributed by atoms with Crippen molar-refractivity contribution < 1.29 is 4.79 Å². The highest BCUT2D eigenvalue weighted by atomic mass is 32.2. The molecule has 0 fully saturated rings. The van der Waals surface area contributed by atoms with Crippen LogP contribution in [0.4, 0.5) is 5.69 Å². The van der Waals surface area contributed by atoms with Crippen molar-refractivity contribution in [2.24, 2.45) is 0 Å². The van der Waals surface area contributed by atoms with Gasteiger partial charge in [0, 0.05) is 28.9 Å². The zero-order valence-corrected chi connectivity index (χ0v) is 9.75. The second-order valence-corrected chi connectivity index (χ2v) is 4.25. The summed E-state index contributed by atoms with van der Waals surface area (Å²) in [4.78, 5) is 15.6. The second kappa shape index (κ2) is 4.99. The van der Waals surface area contributed by atoms with Crippen molar-refractivity contribution >= 4 is 34.1 Å². The second-order valence-electron chi connectivity index (χ2n) is 3.38. The van der Waals surface area contributed by atoms with E-state index in [2.05, 4.69) is 10.3 Å². The first-order valence-corrected chi connectivity index (χ1v) is 6.32. The summed E-state index contributed by atoms with van der Waals surface area (Å²) < 4.78 is 0. The third kappa shape index (κ3) is 2.33. The molecule has 1 heterocycles. The summed E-state index contributed by atoms with van der Waals surface area (Å²) in [6, 6.07) is 7.70. The molecule has 0 bridgehead atoms. The molecule has 2 aromatic rings. The average molecular weight is 232 g/mol. The number of hydrogen-bond donors (Lipinski definition) is 1. The zero-order valence-electron chi connectivity index (χ0n) is 8.93. The van der Waals surface area contributed by atoms with E-state index in [4.69, 9.17) is 0 Å². The monoisotopic (exact) mass is 232 g/mol. The minimum atomic E-state index is 0.0248. The molecule has 0 spiro atoms. The van der Waals surface area contributed by atoms with E-state index < -0.39 is 0 Å². The van der Waals surface area contributed by atoms with Crippen LogP contribution in [-0.2, 0) is 4.79 Å². The van der Waals surface area contributed by atoms with Crippen molar-refractivity contribution in [3.63, 3.8) is 0 Å². The van der Waals surface area contributed by atoms with Crippen molar-refractivity contribution in [2.75, 3.05) is 17.3 Å². The molecule has 82 valence electrons. The van der Waals surface area contributed by atoms with Gasteiger partial charge in [-0.05, 0) is 18.4 Å². The smallest absolute Gasteiger partial charge is 0.234 e. The van der Waals surface area contributed by atoms with Gasteiger partial charge in [0.15, 0.2) is 0 Å². The molecule has 4 heteroatoms. The molecule has 1 N–H and O–H groups in total. The molecule has 2 rings (SSSR count). The summed E-state index contributed by atoms with van der Waals surface area (Å²) in [5, 5.41) is 4.95. The number of hydrogen-bond acceptors (Lipinski definition) is 3. The number of fused-ring (bicyclic) bond motifs is 1. The molecule has 0 atom stereocenters. The third-order valence-electron chi connectivity index (χ3n) is 2.23. The molecule has 0 aliphatic carbocycles. The number of pyridine rings is 1. The third-order valence-corrected chi connectivity index (χ3v) is 2.78. The lowest BCUT2D eigenvalue weighted by atomic mass is 10.1. The van der Waals surface area contributed by atoms with E-state index in [0.717, 1.165) is 16.5 Å². The van der Waals surface area contributed by atoms with Gasteiger partial charge in [-0.3, -0.25) is 9.78 Å². The molecule has 3 nitrogen and oxygen atoms in total. The number of nitrogens with one attached hydrogen (secondary N) is 1. The maximum Gasteiger partial charge on any atom is 0.234 e. The van der Waals surface area contributed by atoms with Crippen LogP contribution in [0.5, 0.6) is 0 Å². The van der Waals surface area contributed by atoms with Crippen molar-refractivity contribution in [3.8, 4) is 0 Å². The zero-order chi connectivity index (χ0) is 11.4. The van der Waals surface area contributed by atoms with Gasteiger partial charge in [0.05, 0.1) is 5.75 Å². The number of anilines is 1. The highest BCUT2D eigenvalue weighted by Gasteiger charge is 2.04. The fourth-order valence-electron chi connectivity index (χ4n) is 1.55. The van der Waals surface area contributed by atoms with E-state index in [0.29, 0.717) is 5.75 Å². The van der Waals surface area contributed by atoms with Crippen molar-refractivity contribution in [1.29, 1.82) is 0 Å². The molecule has 0 unspecified atom stereocenters. The van der Waals surface area contributed by atoms with Gasteiger partial charge in [0.1, 0.15) is 0 Å². The number of carbonyl (C=O) groups is 1. The fourth-order valence-corrected chi connectivity index (χ4v) is 1.88. The van der Waals surface area contributed by atoms with E-state index in [1.165, 1.54) is 11.8 Å². The fraction of sp³-hybridized carbons (Fsp3) is 0.167. The molecule has 16 heavy (non-hydrogen) atoms. The van der Waals surface area contributed by atoms with Gasteiger partial charge in [-0.2, -0.15) is 11.8 Å². The van der Waals surface area contributed by atoms with Crippen molar-refractivity contribution in [1.82, 2.24) is 4.98 Å². The lowest BCUT2D eigenvalue weighted by Crippen LogP contribution is -2.13. The van der Waals surface area contributed by atoms with E-state index in [9.17, 15) is 4.79 Å². The molecule has 0 aliphatic heterocycles. The van der Waals surface area contributed by atoms with Crippen LogP contribution in [0.1, 0.15) is 0 Å². The summed E-state index contributed by atoms with van der Waals surface area (Å²) in [6.45, 7) is 0. The first-order valence-electron chi connectivity index (χ1n) is 4.93. The minimum absolute atomic E-state index is 0.0248. The Morgan fingerprint density at radius 1 is 1.44 bits per heavy atom. The van der Waals surface area contributed by atoms with Crippen LogP contribution in [-0.4, -0.2) is 22.9 Å². The molecular weight excluding hydrogens is 220 g/mol. The number of rotatable bonds is 3. The van der Waals surface area contributed by atoms with Crippen molar-refractivity contribution in [2.45, 2.75) is 0 Å². The quantitative estimate of drug-likeness (QED) is 0.884. The molecule has 1 aromatic carbocycles. The van der Waals surface area contributed by atoms with E-state index in [1.54, 1.807) is 12.4 Å². The number of nitrogens with zero attached hydrogens (tertiary/aromatic N) is 1. The Balaban J connectivity index is 2.33. The topological polar surface area (TPSA) is 42.0 Å². The Kier molecular flexibility index (Phi) is 3.41. The molecular formula is C12H12N2OS. The molecule has 1 aromatic heterocycles. The highest BCUT2D eigenvalue weighted by molar-refractivity contribution is 7.99. The predicted molar refractivity (Wildman–Crippen MR) is 68.8 cm³/mol. The molecule has 0 aliphatic rings. The summed E-state index contributed by atoms with van der Waals surface area (Å²) in [6.07, 6.45) is 5.43. The number of aromatic nitrogens is 1. The Morgan fingerprint density at radius 3 is 3.12 bits per heavy atom. The van der Waals surface area contributed by atoms with Gasteiger partial charge in [0.2, 0.25) is 5.91 Å². The van der Waals surface area contributed by atoms with Crippen LogP contribution in [0.25, 0.3) is 10.8 Å². The highest BCUT2D eigenvalue weighted by Crippen LogP contribution is 2.22. The van der Waals surface area contributed by atoms with Gasteiger partial charge in [-0.25, -0.2) is 0 Å². The standard InChI is InChI=1S/C12H12N2OS/c1-16-8-12(15)14-11-4-2-3-9-7-13-6-5-10(9)11/h2-7H,8H2,1H3,(H,14,15). The maximum absolute atomic E-state index is 11.5. The van der Waals surface area contributed by atoms with Crippen LogP contribution >= 0.6 is 11.8 Å². The lowest BCUT2D eigenvalue weighted by molar-refractivity contribution is -0.113. The summed E-state index contributed by atoms with van der Waals surface area (Å²) in [7, 11) is 0. The number of amides is 1. The SMILES string of the molecule is CSCC(=O)Nc1cccc2cnccc12. The van der Waals surface area contributed by atoms with Crippen LogP contribution in [0.15, 0.2) is 36.7 Å². The van der Waals surface area contributed by atoms with Gasteiger partial charge >= 0.3 is 0 Å². The first kappa shape index (κ1) is 11.0. The van der Waals surface area contributed by atoms with E-state index in [-0.39, 0.29) is 5.91 Å². The first-order chi connectivity index (χ1) is 7.81. The summed E-state index contributed by atoms with van der Waals surface area (Å²) >= 11 is 1.51. The molecule has 0 saturated heterocycles. The lowest BCUT2D eigenvalue weighted by Gasteiger charge is -2.07. The Labute approximate surface area is 98.3 Å². The van der Waals surface area contributed by atoms with Crippen LogP contribution in [0, 0.1) is 0 Å². The molecule has 1 amide bonds. The van der Waals surface area contributed by atoms with Crippen LogP contribution in [0.2, 0.25) is 0 Å². The minimum Gasteiger partial charge on any atom is -0.325 e. The average Bonchev–Trinajstić information content (AvgIpc) is 2.30. The Bertz CT molecular complexity index is 508. The van der Waals surface area contributed by atoms with Gasteiger partial charge in [-0.15, -0.1) is 0 Å². The van der Waals surface area contributed by atoms with E-state index >= 15 is 0 Å². The number of benzene rings is 1. The molecule has 0 saturated carbocycles. The van der Waals surface area contributed by atoms with Gasteiger partial charge < -0.3 is 5.32 Å². The van der Waals surface area contributed by atoms with Gasteiger partial charge in [0.25, 0.3) is 0 Å². The normalized spacial score (nSPS) is 10.3. The van der Waals surface area contributed by atoms with Crippen molar-refractivity contribution in [3.05, 3.63) is 36.7 Å². The predicted octanol–water partition coefficient (Wildman–Crippen LogP) is 2.54. The molecule has 0 radical (unpaired) electrons. The number of thioether (sulfide) groups is 1. The summed E-state index contributed by atoms with van der Waals surface area (Å²) in [5.74, 6) is 0.499. The van der Waals surface area contributed by atoms with Crippen LogP contribution in [0.3, 0.4) is 0 Å². The summed E-state index contributed by atoms with van der Waals surface area (Å²) in [5.41, 5.74) is 0.846. The Morgan fingerprint density at radius 2 is 2.31 bits per heavy atom.